The number of hydrogen-bond donors (Lipinski definition) is 2. The standard InChI is InChI=1S/C13H18N2O5S/c1-3-20-13(17)8-21(18,19)7-12(16)15-11-6-4-5-10(14)9(11)2/h4-6H,3,7-8,14H2,1-2H3,(H,15,16). The Bertz CT molecular complexity index is 640. The molecule has 1 rings (SSSR count). The van der Waals surface area contributed by atoms with Crippen LogP contribution in [0.4, 0.5) is 11.4 Å². The number of carbonyl (C=O) groups excluding carboxylic acids is 2. The normalized spacial score (nSPS) is 11.0. The van der Waals surface area contributed by atoms with Crippen LogP contribution in [-0.2, 0) is 24.2 Å². The average molecular weight is 314 g/mol. The highest BCUT2D eigenvalue weighted by molar-refractivity contribution is 7.92. The van der Waals surface area contributed by atoms with Crippen LogP contribution in [-0.4, -0.2) is 38.4 Å². The van der Waals surface area contributed by atoms with Gasteiger partial charge in [0, 0.05) is 11.4 Å². The number of carbonyl (C=O) groups is 2. The molecule has 0 aliphatic heterocycles. The van der Waals surface area contributed by atoms with E-state index in [1.165, 1.54) is 0 Å². The van der Waals surface area contributed by atoms with Gasteiger partial charge in [-0.05, 0) is 31.5 Å². The van der Waals surface area contributed by atoms with Crippen molar-refractivity contribution < 1.29 is 22.7 Å². The van der Waals surface area contributed by atoms with E-state index in [1.54, 1.807) is 32.0 Å². The van der Waals surface area contributed by atoms with Crippen molar-refractivity contribution in [2.24, 2.45) is 0 Å². The van der Waals surface area contributed by atoms with Crippen molar-refractivity contribution in [3.8, 4) is 0 Å². The van der Waals surface area contributed by atoms with Crippen LogP contribution in [0, 0.1) is 6.92 Å². The topological polar surface area (TPSA) is 116 Å². The number of hydrogen-bond acceptors (Lipinski definition) is 6. The molecule has 0 fully saturated rings. The Morgan fingerprint density at radius 3 is 2.57 bits per heavy atom. The van der Waals surface area contributed by atoms with Gasteiger partial charge in [0.1, 0.15) is 11.5 Å². The monoisotopic (exact) mass is 314 g/mol. The van der Waals surface area contributed by atoms with Gasteiger partial charge in [-0.15, -0.1) is 0 Å². The third-order valence-corrected chi connectivity index (χ3v) is 4.02. The number of rotatable bonds is 6. The fourth-order valence-electron chi connectivity index (χ4n) is 1.61. The minimum Gasteiger partial charge on any atom is -0.465 e. The van der Waals surface area contributed by atoms with E-state index < -0.39 is 33.2 Å². The smallest absolute Gasteiger partial charge is 0.321 e. The first-order valence-electron chi connectivity index (χ1n) is 6.26. The summed E-state index contributed by atoms with van der Waals surface area (Å²) in [6, 6.07) is 4.93. The van der Waals surface area contributed by atoms with Crippen LogP contribution in [0.3, 0.4) is 0 Å². The van der Waals surface area contributed by atoms with Crippen LogP contribution in [0.1, 0.15) is 12.5 Å². The summed E-state index contributed by atoms with van der Waals surface area (Å²) in [5, 5.41) is 2.46. The third kappa shape index (κ3) is 5.42. The van der Waals surface area contributed by atoms with Crippen molar-refractivity contribution in [2.45, 2.75) is 13.8 Å². The van der Waals surface area contributed by atoms with Crippen molar-refractivity contribution in [1.29, 1.82) is 0 Å². The van der Waals surface area contributed by atoms with Gasteiger partial charge in [-0.1, -0.05) is 6.07 Å². The van der Waals surface area contributed by atoms with Gasteiger partial charge in [0.15, 0.2) is 9.84 Å². The highest BCUT2D eigenvalue weighted by Gasteiger charge is 2.22. The lowest BCUT2D eigenvalue weighted by Crippen LogP contribution is -2.28. The van der Waals surface area contributed by atoms with Crippen LogP contribution in [0.5, 0.6) is 0 Å². The zero-order chi connectivity index (χ0) is 16.0. The second-order valence-electron chi connectivity index (χ2n) is 4.41. The zero-order valence-corrected chi connectivity index (χ0v) is 12.7. The van der Waals surface area contributed by atoms with E-state index in [9.17, 15) is 18.0 Å². The number of ether oxygens (including phenoxy) is 1. The Hall–Kier alpha value is -2.09. The molecule has 1 aromatic carbocycles. The number of sulfone groups is 1. The van der Waals surface area contributed by atoms with Gasteiger partial charge in [0.2, 0.25) is 5.91 Å². The van der Waals surface area contributed by atoms with Crippen molar-refractivity contribution in [3.05, 3.63) is 23.8 Å². The number of anilines is 2. The third-order valence-electron chi connectivity index (χ3n) is 2.64. The first-order valence-corrected chi connectivity index (χ1v) is 8.08. The minimum absolute atomic E-state index is 0.0863. The molecule has 0 aliphatic rings. The van der Waals surface area contributed by atoms with Crippen LogP contribution in [0.25, 0.3) is 0 Å². The first-order chi connectivity index (χ1) is 9.75. The Labute approximate surface area is 123 Å². The number of benzene rings is 1. The lowest BCUT2D eigenvalue weighted by Gasteiger charge is -2.10. The summed E-state index contributed by atoms with van der Waals surface area (Å²) in [7, 11) is -3.86. The fourth-order valence-corrected chi connectivity index (χ4v) is 2.62. The van der Waals surface area contributed by atoms with Gasteiger partial charge < -0.3 is 15.8 Å². The molecule has 116 valence electrons. The number of nitrogens with one attached hydrogen (secondary N) is 1. The van der Waals surface area contributed by atoms with E-state index in [-0.39, 0.29) is 6.61 Å². The maximum atomic E-state index is 11.7. The molecule has 0 unspecified atom stereocenters. The number of amides is 1. The van der Waals surface area contributed by atoms with E-state index >= 15 is 0 Å². The molecule has 7 nitrogen and oxygen atoms in total. The van der Waals surface area contributed by atoms with Crippen LogP contribution in [0.15, 0.2) is 18.2 Å². The molecule has 0 spiro atoms. The molecule has 0 heterocycles. The SMILES string of the molecule is CCOC(=O)CS(=O)(=O)CC(=O)Nc1cccc(N)c1C. The maximum Gasteiger partial charge on any atom is 0.321 e. The molecule has 0 saturated carbocycles. The van der Waals surface area contributed by atoms with E-state index in [0.717, 1.165) is 0 Å². The van der Waals surface area contributed by atoms with Gasteiger partial charge in [0.05, 0.1) is 6.61 Å². The molecule has 3 N–H and O–H groups in total. The highest BCUT2D eigenvalue weighted by Crippen LogP contribution is 2.20. The molecule has 0 radical (unpaired) electrons. The van der Waals surface area contributed by atoms with Gasteiger partial charge in [0.25, 0.3) is 0 Å². The summed E-state index contributed by atoms with van der Waals surface area (Å²) in [6.45, 7) is 3.36. The second kappa shape index (κ2) is 7.07. The molecule has 1 aromatic rings. The number of nitrogens with two attached hydrogens (primary N) is 1. The molecule has 8 heteroatoms. The zero-order valence-electron chi connectivity index (χ0n) is 11.9. The van der Waals surface area contributed by atoms with Gasteiger partial charge in [-0.2, -0.15) is 0 Å². The highest BCUT2D eigenvalue weighted by atomic mass is 32.2. The Balaban J connectivity index is 2.69. The lowest BCUT2D eigenvalue weighted by atomic mass is 10.1. The summed E-state index contributed by atoms with van der Waals surface area (Å²) in [6.07, 6.45) is 0. The Morgan fingerprint density at radius 2 is 1.95 bits per heavy atom. The quantitative estimate of drug-likeness (QED) is 0.583. The molecular weight excluding hydrogens is 296 g/mol. The van der Waals surface area contributed by atoms with Gasteiger partial charge in [-0.25, -0.2) is 8.42 Å². The summed E-state index contributed by atoms with van der Waals surface area (Å²) >= 11 is 0. The summed E-state index contributed by atoms with van der Waals surface area (Å²) < 4.78 is 27.9. The summed E-state index contributed by atoms with van der Waals surface area (Å²) in [5.74, 6) is -3.21. The van der Waals surface area contributed by atoms with Crippen LogP contribution >= 0.6 is 0 Å². The molecular formula is C13H18N2O5S. The second-order valence-corrected chi connectivity index (χ2v) is 6.47. The molecule has 0 bridgehead atoms. The van der Waals surface area contributed by atoms with E-state index in [2.05, 4.69) is 10.1 Å². The fraction of sp³-hybridized carbons (Fsp3) is 0.385. The van der Waals surface area contributed by atoms with E-state index in [0.29, 0.717) is 16.9 Å². The predicted octanol–water partition coefficient (Wildman–Crippen LogP) is 0.494. The number of nitrogen functional groups attached to an aromatic ring is 1. The molecule has 21 heavy (non-hydrogen) atoms. The average Bonchev–Trinajstić information content (AvgIpc) is 2.33. The maximum absolute atomic E-state index is 11.7. The molecule has 0 atom stereocenters. The van der Waals surface area contributed by atoms with Crippen molar-refractivity contribution >= 4 is 33.1 Å². The number of esters is 1. The molecule has 1 amide bonds. The van der Waals surface area contributed by atoms with Crippen LogP contribution < -0.4 is 11.1 Å². The minimum atomic E-state index is -3.86. The van der Waals surface area contributed by atoms with Crippen molar-refractivity contribution in [3.63, 3.8) is 0 Å². The Kier molecular flexibility index (Phi) is 5.71. The largest absolute Gasteiger partial charge is 0.465 e. The summed E-state index contributed by atoms with van der Waals surface area (Å²) in [5.41, 5.74) is 7.26. The van der Waals surface area contributed by atoms with Gasteiger partial charge >= 0.3 is 5.97 Å². The summed E-state index contributed by atoms with van der Waals surface area (Å²) in [4.78, 5) is 22.9. The van der Waals surface area contributed by atoms with E-state index in [1.807, 2.05) is 0 Å². The molecule has 0 saturated heterocycles. The molecule has 0 aliphatic carbocycles. The lowest BCUT2D eigenvalue weighted by molar-refractivity contribution is -0.139. The van der Waals surface area contributed by atoms with Crippen molar-refractivity contribution in [2.75, 3.05) is 29.2 Å². The Morgan fingerprint density at radius 1 is 1.29 bits per heavy atom. The molecule has 0 aromatic heterocycles. The van der Waals surface area contributed by atoms with Crippen molar-refractivity contribution in [1.82, 2.24) is 0 Å². The first kappa shape index (κ1) is 17.0. The predicted molar refractivity (Wildman–Crippen MR) is 79.5 cm³/mol. The van der Waals surface area contributed by atoms with E-state index in [4.69, 9.17) is 5.73 Å². The van der Waals surface area contributed by atoms with Gasteiger partial charge in [-0.3, -0.25) is 9.59 Å². The van der Waals surface area contributed by atoms with Crippen LogP contribution in [0.2, 0.25) is 0 Å².